The fourth-order valence-corrected chi connectivity index (χ4v) is 3.24. The largest absolute Gasteiger partial charge is 0.373 e. The molecule has 0 radical (unpaired) electrons. The van der Waals surface area contributed by atoms with Crippen molar-refractivity contribution in [1.29, 1.82) is 0 Å². The number of nitrogens with zero attached hydrogens (tertiary/aromatic N) is 3. The van der Waals surface area contributed by atoms with E-state index in [4.69, 9.17) is 4.74 Å². The third kappa shape index (κ3) is 3.62. The molecule has 1 unspecified atom stereocenters. The van der Waals surface area contributed by atoms with Crippen LogP contribution in [0, 0.1) is 0 Å². The first kappa shape index (κ1) is 14.5. The fourth-order valence-electron chi connectivity index (χ4n) is 3.24. The van der Waals surface area contributed by atoms with Gasteiger partial charge in [0.25, 0.3) is 0 Å². The average molecular weight is 287 g/mol. The summed E-state index contributed by atoms with van der Waals surface area (Å²) in [5, 5.41) is 8.53. The number of aromatic nitrogens is 3. The molecule has 1 fully saturated rings. The van der Waals surface area contributed by atoms with Crippen LogP contribution in [0.5, 0.6) is 0 Å². The minimum absolute atomic E-state index is 0.253. The second-order valence-electron chi connectivity index (χ2n) is 6.07. The Morgan fingerprint density at radius 2 is 2.05 bits per heavy atom. The van der Waals surface area contributed by atoms with Crippen molar-refractivity contribution in [2.75, 3.05) is 0 Å². The van der Waals surface area contributed by atoms with E-state index >= 15 is 0 Å². The lowest BCUT2D eigenvalue weighted by molar-refractivity contribution is -0.0420. The Bertz CT molecular complexity index is 560. The first-order valence-electron chi connectivity index (χ1n) is 8.30. The van der Waals surface area contributed by atoms with E-state index in [9.17, 15) is 0 Å². The smallest absolute Gasteiger partial charge is 0.113 e. The second-order valence-corrected chi connectivity index (χ2v) is 6.07. The van der Waals surface area contributed by atoms with Gasteiger partial charge in [-0.2, -0.15) is 0 Å². The van der Waals surface area contributed by atoms with Gasteiger partial charge >= 0.3 is 0 Å². The Morgan fingerprint density at radius 3 is 2.86 bits per heavy atom. The second kappa shape index (κ2) is 7.03. The fraction of sp³-hybridized carbons (Fsp3) is 0.647. The highest BCUT2D eigenvalue weighted by Gasteiger charge is 2.20. The highest BCUT2D eigenvalue weighted by atomic mass is 16.5. The molecule has 1 aromatic heterocycles. The molecule has 114 valence electrons. The monoisotopic (exact) mass is 287 g/mol. The lowest BCUT2D eigenvalue weighted by Crippen LogP contribution is -2.28. The summed E-state index contributed by atoms with van der Waals surface area (Å²) in [4.78, 5) is 0. The van der Waals surface area contributed by atoms with E-state index in [1.54, 1.807) is 0 Å². The molecule has 1 aliphatic carbocycles. The highest BCUT2D eigenvalue weighted by molar-refractivity contribution is 5.73. The van der Waals surface area contributed by atoms with Gasteiger partial charge in [-0.3, -0.25) is 0 Å². The normalized spacial score (nSPS) is 18.1. The van der Waals surface area contributed by atoms with Crippen molar-refractivity contribution in [3.8, 4) is 0 Å². The highest BCUT2D eigenvalue weighted by Crippen LogP contribution is 2.23. The first-order chi connectivity index (χ1) is 10.4. The molecule has 1 atom stereocenters. The van der Waals surface area contributed by atoms with Gasteiger partial charge in [0.2, 0.25) is 0 Å². The topological polar surface area (TPSA) is 39.9 Å². The SMILES string of the molecule is CCCC(Cn1nnc2ccccc21)OC1CCCCC1. The van der Waals surface area contributed by atoms with Crippen molar-refractivity contribution >= 4 is 11.0 Å². The summed E-state index contributed by atoms with van der Waals surface area (Å²) >= 11 is 0. The van der Waals surface area contributed by atoms with Gasteiger partial charge in [0.1, 0.15) is 5.52 Å². The predicted molar refractivity (Wildman–Crippen MR) is 84.2 cm³/mol. The molecule has 1 aromatic carbocycles. The Labute approximate surface area is 126 Å². The maximum atomic E-state index is 6.37. The van der Waals surface area contributed by atoms with Gasteiger partial charge in [-0.25, -0.2) is 4.68 Å². The minimum Gasteiger partial charge on any atom is -0.373 e. The molecular weight excluding hydrogens is 262 g/mol. The van der Waals surface area contributed by atoms with Crippen LogP contribution in [0.2, 0.25) is 0 Å². The molecule has 4 heteroatoms. The number of ether oxygens (including phenoxy) is 1. The van der Waals surface area contributed by atoms with Crippen molar-refractivity contribution in [2.45, 2.75) is 70.6 Å². The minimum atomic E-state index is 0.253. The van der Waals surface area contributed by atoms with E-state index in [2.05, 4.69) is 23.3 Å². The Hall–Kier alpha value is -1.42. The molecule has 0 spiro atoms. The van der Waals surface area contributed by atoms with Crippen LogP contribution in [0.25, 0.3) is 11.0 Å². The summed E-state index contributed by atoms with van der Waals surface area (Å²) in [5.41, 5.74) is 2.07. The van der Waals surface area contributed by atoms with Crippen molar-refractivity contribution in [3.05, 3.63) is 24.3 Å². The standard InChI is InChI=1S/C17H25N3O/c1-2-8-15(21-14-9-4-3-5-10-14)13-20-17-12-7-6-11-16(17)18-19-20/h6-7,11-12,14-15H,2-5,8-10,13H2,1H3. The van der Waals surface area contributed by atoms with Crippen LogP contribution >= 0.6 is 0 Å². The van der Waals surface area contributed by atoms with Crippen molar-refractivity contribution in [2.24, 2.45) is 0 Å². The van der Waals surface area contributed by atoms with E-state index in [0.717, 1.165) is 30.4 Å². The lowest BCUT2D eigenvalue weighted by atomic mass is 9.97. The molecule has 0 aliphatic heterocycles. The first-order valence-corrected chi connectivity index (χ1v) is 8.30. The summed E-state index contributed by atoms with van der Waals surface area (Å²) in [6.45, 7) is 3.03. The number of rotatable bonds is 6. The Balaban J connectivity index is 1.69. The molecule has 0 bridgehead atoms. The molecule has 0 N–H and O–H groups in total. The van der Waals surface area contributed by atoms with Crippen LogP contribution in [0.1, 0.15) is 51.9 Å². The van der Waals surface area contributed by atoms with Gasteiger partial charge < -0.3 is 4.74 Å². The molecule has 1 heterocycles. The Morgan fingerprint density at radius 1 is 1.24 bits per heavy atom. The van der Waals surface area contributed by atoms with Gasteiger partial charge in [-0.15, -0.1) is 5.10 Å². The van der Waals surface area contributed by atoms with Gasteiger partial charge in [-0.05, 0) is 31.4 Å². The molecular formula is C17H25N3O. The predicted octanol–water partition coefficient (Wildman–Crippen LogP) is 3.95. The van der Waals surface area contributed by atoms with Crippen LogP contribution in [-0.2, 0) is 11.3 Å². The third-order valence-corrected chi connectivity index (χ3v) is 4.34. The van der Waals surface area contributed by atoms with Crippen LogP contribution < -0.4 is 0 Å². The summed E-state index contributed by atoms with van der Waals surface area (Å²) in [7, 11) is 0. The summed E-state index contributed by atoms with van der Waals surface area (Å²) in [6, 6.07) is 8.14. The summed E-state index contributed by atoms with van der Waals surface area (Å²) < 4.78 is 8.36. The van der Waals surface area contributed by atoms with E-state index in [0.29, 0.717) is 6.10 Å². The van der Waals surface area contributed by atoms with Crippen LogP contribution in [0.3, 0.4) is 0 Å². The van der Waals surface area contributed by atoms with Crippen molar-refractivity contribution < 1.29 is 4.74 Å². The molecule has 21 heavy (non-hydrogen) atoms. The number of hydrogen-bond acceptors (Lipinski definition) is 3. The zero-order valence-electron chi connectivity index (χ0n) is 12.9. The van der Waals surface area contributed by atoms with E-state index in [1.807, 2.05) is 22.9 Å². The van der Waals surface area contributed by atoms with E-state index in [-0.39, 0.29) is 6.10 Å². The number of para-hydroxylation sites is 1. The van der Waals surface area contributed by atoms with Crippen LogP contribution in [0.4, 0.5) is 0 Å². The van der Waals surface area contributed by atoms with Crippen molar-refractivity contribution in [1.82, 2.24) is 15.0 Å². The molecule has 1 saturated carbocycles. The van der Waals surface area contributed by atoms with Crippen LogP contribution in [-0.4, -0.2) is 27.2 Å². The molecule has 0 saturated heterocycles. The summed E-state index contributed by atoms with van der Waals surface area (Å²) in [5.74, 6) is 0. The lowest BCUT2D eigenvalue weighted by Gasteiger charge is -2.27. The van der Waals surface area contributed by atoms with E-state index in [1.165, 1.54) is 32.1 Å². The third-order valence-electron chi connectivity index (χ3n) is 4.34. The van der Waals surface area contributed by atoms with Crippen LogP contribution in [0.15, 0.2) is 24.3 Å². The maximum Gasteiger partial charge on any atom is 0.113 e. The summed E-state index contributed by atoms with van der Waals surface area (Å²) in [6.07, 6.45) is 9.37. The number of hydrogen-bond donors (Lipinski definition) is 0. The van der Waals surface area contributed by atoms with Gasteiger partial charge in [-0.1, -0.05) is 50.0 Å². The zero-order valence-corrected chi connectivity index (χ0v) is 12.9. The number of benzene rings is 1. The molecule has 2 aromatic rings. The van der Waals surface area contributed by atoms with Gasteiger partial charge in [0.15, 0.2) is 0 Å². The zero-order chi connectivity index (χ0) is 14.5. The molecule has 1 aliphatic rings. The molecule has 0 amide bonds. The van der Waals surface area contributed by atoms with Gasteiger partial charge in [0.05, 0.1) is 24.3 Å². The Kier molecular flexibility index (Phi) is 4.86. The number of fused-ring (bicyclic) bond motifs is 1. The average Bonchev–Trinajstić information content (AvgIpc) is 2.92. The maximum absolute atomic E-state index is 6.37. The van der Waals surface area contributed by atoms with Gasteiger partial charge in [0, 0.05) is 0 Å². The van der Waals surface area contributed by atoms with E-state index < -0.39 is 0 Å². The molecule has 3 rings (SSSR count). The quantitative estimate of drug-likeness (QED) is 0.807. The van der Waals surface area contributed by atoms with Crippen molar-refractivity contribution in [3.63, 3.8) is 0 Å². The molecule has 4 nitrogen and oxygen atoms in total.